The number of hydrogen-bond donors (Lipinski definition) is 0. The molecule has 4 nitrogen and oxygen atoms in total. The van der Waals surface area contributed by atoms with Crippen molar-refractivity contribution in [2.75, 3.05) is 0 Å². The predicted molar refractivity (Wildman–Crippen MR) is 234 cm³/mol. The fraction of sp³-hybridized carbons (Fsp3) is 0.273. The molecular formula is C55H39N3O. The Morgan fingerprint density at radius 1 is 0.576 bits per heavy atom. The van der Waals surface area contributed by atoms with Crippen LogP contribution in [0.3, 0.4) is 0 Å². The second-order valence-corrected chi connectivity index (χ2v) is 20.8. The van der Waals surface area contributed by atoms with Crippen LogP contribution >= 0.6 is 0 Å². The van der Waals surface area contributed by atoms with Gasteiger partial charge in [-0.15, -0.1) is 0 Å². The lowest BCUT2D eigenvalue weighted by atomic mass is 9.37. The summed E-state index contributed by atoms with van der Waals surface area (Å²) in [6.45, 7) is 4.99. The summed E-state index contributed by atoms with van der Waals surface area (Å²) in [6.07, 6.45) is 12.8. The van der Waals surface area contributed by atoms with Gasteiger partial charge in [0.2, 0.25) is 0 Å². The minimum absolute atomic E-state index is 0.128. The molecule has 5 aromatic heterocycles. The first-order valence-electron chi connectivity index (χ1n) is 22.1. The maximum Gasteiger partial charge on any atom is 0.136 e. The number of pyridine rings is 2. The Balaban J connectivity index is 1.06. The molecule has 0 N–H and O–H groups in total. The first-order chi connectivity index (χ1) is 28.9. The monoisotopic (exact) mass is 757 g/mol. The minimum atomic E-state index is -0.226. The average molecular weight is 758 g/mol. The third-order valence-corrected chi connectivity index (χ3v) is 17.7. The molecule has 4 heteroatoms. The summed E-state index contributed by atoms with van der Waals surface area (Å²) in [7, 11) is 0. The number of rotatable bonds is 0. The molecule has 11 aliphatic rings. The van der Waals surface area contributed by atoms with Crippen molar-refractivity contribution in [1.82, 2.24) is 14.4 Å². The van der Waals surface area contributed by atoms with E-state index in [0.29, 0.717) is 22.7 Å². The van der Waals surface area contributed by atoms with E-state index in [1.165, 1.54) is 149 Å². The summed E-state index contributed by atoms with van der Waals surface area (Å²) in [5.41, 5.74) is 23.7. The summed E-state index contributed by atoms with van der Waals surface area (Å²) in [5, 5.41) is 8.14. The Bertz CT molecular complexity index is 3630. The first-order valence-corrected chi connectivity index (χ1v) is 22.1. The van der Waals surface area contributed by atoms with Crippen molar-refractivity contribution in [2.24, 2.45) is 10.8 Å². The molecule has 5 aromatic carbocycles. The number of benzene rings is 5. The van der Waals surface area contributed by atoms with Crippen molar-refractivity contribution in [3.05, 3.63) is 159 Å². The van der Waals surface area contributed by atoms with Crippen LogP contribution in [0, 0.1) is 10.8 Å². The Morgan fingerprint density at radius 3 is 1.97 bits per heavy atom. The zero-order valence-electron chi connectivity index (χ0n) is 33.1. The Hall–Kier alpha value is -6.00. The van der Waals surface area contributed by atoms with Crippen LogP contribution in [0.2, 0.25) is 0 Å². The lowest BCUT2D eigenvalue weighted by Gasteiger charge is -2.67. The first kappa shape index (κ1) is 30.1. The van der Waals surface area contributed by atoms with Crippen molar-refractivity contribution in [1.29, 1.82) is 0 Å². The molecule has 59 heavy (non-hydrogen) atoms. The van der Waals surface area contributed by atoms with E-state index in [1.54, 1.807) is 5.56 Å². The van der Waals surface area contributed by atoms with Crippen molar-refractivity contribution < 1.29 is 4.42 Å². The summed E-state index contributed by atoms with van der Waals surface area (Å²) >= 11 is 0. The van der Waals surface area contributed by atoms with E-state index in [0.717, 1.165) is 11.2 Å². The van der Waals surface area contributed by atoms with E-state index in [2.05, 4.69) is 122 Å². The zero-order valence-corrected chi connectivity index (χ0v) is 33.1. The van der Waals surface area contributed by atoms with E-state index in [1.807, 2.05) is 0 Å². The van der Waals surface area contributed by atoms with E-state index < -0.39 is 0 Å². The van der Waals surface area contributed by atoms with Gasteiger partial charge in [0.05, 0.1) is 40.6 Å². The molecule has 0 amide bonds. The highest BCUT2D eigenvalue weighted by atomic mass is 16.3. The second-order valence-electron chi connectivity index (χ2n) is 20.8. The van der Waals surface area contributed by atoms with Gasteiger partial charge in [0.15, 0.2) is 0 Å². The molecule has 0 saturated heterocycles. The number of para-hydroxylation sites is 1. The summed E-state index contributed by atoms with van der Waals surface area (Å²) in [6, 6.07) is 34.4. The maximum absolute atomic E-state index is 6.64. The Labute approximate surface area is 340 Å². The summed E-state index contributed by atoms with van der Waals surface area (Å²) < 4.78 is 9.28. The lowest BCUT2D eigenvalue weighted by Crippen LogP contribution is -2.56. The van der Waals surface area contributed by atoms with E-state index in [9.17, 15) is 0 Å². The van der Waals surface area contributed by atoms with E-state index in [-0.39, 0.29) is 17.3 Å². The van der Waals surface area contributed by atoms with Crippen LogP contribution in [0.5, 0.6) is 0 Å². The molecule has 11 aliphatic carbocycles. The third kappa shape index (κ3) is 3.09. The highest BCUT2D eigenvalue weighted by Gasteiger charge is 2.66. The van der Waals surface area contributed by atoms with Crippen LogP contribution in [-0.2, 0) is 5.41 Å². The molecule has 5 heterocycles. The molecular weight excluding hydrogens is 719 g/mol. The average Bonchev–Trinajstić information content (AvgIpc) is 3.93. The molecule has 21 rings (SSSR count). The largest absolute Gasteiger partial charge is 0.456 e. The smallest absolute Gasteiger partial charge is 0.136 e. The van der Waals surface area contributed by atoms with Crippen molar-refractivity contribution in [3.8, 4) is 11.1 Å². The van der Waals surface area contributed by atoms with Gasteiger partial charge in [-0.3, -0.25) is 9.97 Å². The second kappa shape index (κ2) is 9.09. The molecule has 5 saturated carbocycles. The van der Waals surface area contributed by atoms with Gasteiger partial charge >= 0.3 is 0 Å². The third-order valence-electron chi connectivity index (χ3n) is 17.7. The van der Waals surface area contributed by atoms with Crippen LogP contribution in [-0.4, -0.2) is 14.4 Å². The number of furan rings is 1. The molecule has 0 aliphatic heterocycles. The minimum Gasteiger partial charge on any atom is -0.456 e. The van der Waals surface area contributed by atoms with Gasteiger partial charge < -0.3 is 8.82 Å². The quantitative estimate of drug-likeness (QED) is 0.155. The van der Waals surface area contributed by atoms with Gasteiger partial charge in [0, 0.05) is 55.3 Å². The Kier molecular flexibility index (Phi) is 4.64. The number of hydrogen-bond acceptors (Lipinski definition) is 3. The van der Waals surface area contributed by atoms with Crippen LogP contribution in [0.15, 0.2) is 108 Å². The van der Waals surface area contributed by atoms with Gasteiger partial charge in [-0.1, -0.05) is 80.6 Å². The van der Waals surface area contributed by atoms with Gasteiger partial charge in [-0.05, 0) is 135 Å². The van der Waals surface area contributed by atoms with Crippen LogP contribution < -0.4 is 0 Å². The van der Waals surface area contributed by atoms with Gasteiger partial charge in [-0.2, -0.15) is 0 Å². The number of fused-ring (bicyclic) bond motifs is 13. The molecule has 2 spiro atoms. The molecule has 6 bridgehead atoms. The lowest BCUT2D eigenvalue weighted by molar-refractivity contribution is -0.150. The highest BCUT2D eigenvalue weighted by Crippen LogP contribution is 2.78. The molecule has 280 valence electrons. The van der Waals surface area contributed by atoms with Gasteiger partial charge in [0.25, 0.3) is 0 Å². The van der Waals surface area contributed by atoms with Gasteiger partial charge in [-0.25, -0.2) is 0 Å². The summed E-state index contributed by atoms with van der Waals surface area (Å²) in [4.78, 5) is 11.2. The molecule has 0 radical (unpaired) electrons. The SMILES string of the molecule is CC1(C)c2cc3c(cc2-c2cc4c5c6c(ncc5n5c7cnc8c(c7c(c21)c45)C1CC24CC8CC(C1)(C2)C4)C1c2ccccc2C6c2ccccc21)oc1ccccc13. The standard InChI is InChI=1S/C55H39N3O/c1-53(2)37-16-34-28-9-7-8-14-40(28)59-41(34)17-33(37)35-15-36-45-38(22-57-51-44-31-12-5-3-10-29(31)43(47(45)51)30-11-4-6-13-32(30)44)58-39-23-56-50-27-20-54-18-26(19-55(21-27,24-54)25-54)42(50)46(39)48(49(35)53)52(36)58/h3-17,22-23,26-27,43-44H,18-21,24-25H2,1-2H3. The van der Waals surface area contributed by atoms with Crippen LogP contribution in [0.4, 0.5) is 0 Å². The molecule has 10 aromatic rings. The fourth-order valence-electron chi connectivity index (χ4n) is 16.4. The molecule has 5 fully saturated rings. The van der Waals surface area contributed by atoms with Crippen LogP contribution in [0.25, 0.3) is 71.2 Å². The number of nitrogens with zero attached hydrogens (tertiary/aromatic N) is 3. The normalized spacial score (nSPS) is 28.0. The van der Waals surface area contributed by atoms with Crippen molar-refractivity contribution >= 4 is 60.0 Å². The predicted octanol–water partition coefficient (Wildman–Crippen LogP) is 13.4. The number of aromatic nitrogens is 3. The summed E-state index contributed by atoms with van der Waals surface area (Å²) in [5.74, 6) is 1.43. The van der Waals surface area contributed by atoms with Crippen LogP contribution in [0.1, 0.15) is 132 Å². The van der Waals surface area contributed by atoms with Gasteiger partial charge in [0.1, 0.15) is 11.2 Å². The topological polar surface area (TPSA) is 43.3 Å². The Morgan fingerprint density at radius 2 is 1.22 bits per heavy atom. The van der Waals surface area contributed by atoms with E-state index in [4.69, 9.17) is 14.4 Å². The highest BCUT2D eigenvalue weighted by molar-refractivity contribution is 6.28. The fourth-order valence-corrected chi connectivity index (χ4v) is 16.4. The molecule has 0 unspecified atom stereocenters. The van der Waals surface area contributed by atoms with E-state index >= 15 is 0 Å². The molecule has 0 atom stereocenters. The van der Waals surface area contributed by atoms with Crippen molar-refractivity contribution in [2.45, 2.75) is 81.5 Å². The zero-order chi connectivity index (χ0) is 38.1. The maximum atomic E-state index is 6.64. The van der Waals surface area contributed by atoms with Crippen molar-refractivity contribution in [3.63, 3.8) is 0 Å².